The molecule has 2 aliphatic rings. The van der Waals surface area contributed by atoms with Crippen LogP contribution in [0.2, 0.25) is 0 Å². The van der Waals surface area contributed by atoms with Crippen LogP contribution >= 0.6 is 0 Å². The lowest BCUT2D eigenvalue weighted by Gasteiger charge is -2.24. The summed E-state index contributed by atoms with van der Waals surface area (Å²) in [5.41, 5.74) is 0.156. The van der Waals surface area contributed by atoms with Crippen LogP contribution in [0.15, 0.2) is 47.4 Å². The first-order valence-corrected chi connectivity index (χ1v) is 8.22. The zero-order chi connectivity index (χ0) is 17.6. The fraction of sp³-hybridized carbons (Fsp3) is 0.389. The molecule has 0 aliphatic carbocycles. The maximum atomic E-state index is 12.2. The number of esters is 1. The SMILES string of the molecule is C[C@@H]1C([C@@H](C)OC(=O)c2ccccc2)O[C@@H]2[C@H]1Oc1nc(=O)ccn12. The third-order valence-electron chi connectivity index (χ3n) is 4.70. The van der Waals surface area contributed by atoms with Gasteiger partial charge in [0.15, 0.2) is 12.3 Å². The Bertz CT molecular complexity index is 850. The highest BCUT2D eigenvalue weighted by atomic mass is 16.6. The van der Waals surface area contributed by atoms with Gasteiger partial charge >= 0.3 is 12.0 Å². The molecule has 7 nitrogen and oxygen atoms in total. The summed E-state index contributed by atoms with van der Waals surface area (Å²) >= 11 is 0. The number of nitrogens with zero attached hydrogens (tertiary/aromatic N) is 2. The molecule has 1 saturated heterocycles. The van der Waals surface area contributed by atoms with E-state index in [2.05, 4.69) is 4.98 Å². The van der Waals surface area contributed by atoms with E-state index in [4.69, 9.17) is 14.2 Å². The highest BCUT2D eigenvalue weighted by Crippen LogP contribution is 2.43. The van der Waals surface area contributed by atoms with Crippen LogP contribution in [0.1, 0.15) is 30.4 Å². The molecule has 1 unspecified atom stereocenters. The van der Waals surface area contributed by atoms with Crippen LogP contribution in [0.4, 0.5) is 0 Å². The van der Waals surface area contributed by atoms with Gasteiger partial charge in [-0.3, -0.25) is 9.36 Å². The topological polar surface area (TPSA) is 79.7 Å². The van der Waals surface area contributed by atoms with Gasteiger partial charge in [0.2, 0.25) is 0 Å². The van der Waals surface area contributed by atoms with Gasteiger partial charge in [-0.2, -0.15) is 4.98 Å². The van der Waals surface area contributed by atoms with Crippen molar-refractivity contribution in [2.24, 2.45) is 5.92 Å². The Hall–Kier alpha value is -2.67. The van der Waals surface area contributed by atoms with Crippen LogP contribution in [-0.4, -0.2) is 33.8 Å². The summed E-state index contributed by atoms with van der Waals surface area (Å²) in [5, 5.41) is 0. The molecule has 3 heterocycles. The van der Waals surface area contributed by atoms with Crippen molar-refractivity contribution in [1.29, 1.82) is 0 Å². The molecule has 4 rings (SSSR count). The summed E-state index contributed by atoms with van der Waals surface area (Å²) in [6.45, 7) is 3.79. The number of carbonyl (C=O) groups excluding carboxylic acids is 1. The quantitative estimate of drug-likeness (QED) is 0.791. The van der Waals surface area contributed by atoms with Gasteiger partial charge in [-0.05, 0) is 19.1 Å². The maximum Gasteiger partial charge on any atom is 0.338 e. The van der Waals surface area contributed by atoms with Crippen LogP contribution in [-0.2, 0) is 9.47 Å². The van der Waals surface area contributed by atoms with Crippen LogP contribution in [0.25, 0.3) is 0 Å². The molecule has 0 bridgehead atoms. The van der Waals surface area contributed by atoms with Crippen molar-refractivity contribution in [2.75, 3.05) is 0 Å². The van der Waals surface area contributed by atoms with Crippen molar-refractivity contribution in [1.82, 2.24) is 9.55 Å². The minimum Gasteiger partial charge on any atom is -0.456 e. The molecule has 0 saturated carbocycles. The zero-order valence-electron chi connectivity index (χ0n) is 13.9. The fourth-order valence-corrected chi connectivity index (χ4v) is 3.41. The largest absolute Gasteiger partial charge is 0.456 e. The Morgan fingerprint density at radius 3 is 2.80 bits per heavy atom. The molecule has 0 radical (unpaired) electrons. The van der Waals surface area contributed by atoms with E-state index in [0.29, 0.717) is 5.56 Å². The Morgan fingerprint density at radius 1 is 1.28 bits per heavy atom. The number of fused-ring (bicyclic) bond motifs is 3. The summed E-state index contributed by atoms with van der Waals surface area (Å²) in [6, 6.07) is 10.5. The second-order valence-corrected chi connectivity index (χ2v) is 6.36. The van der Waals surface area contributed by atoms with Crippen molar-refractivity contribution in [3.8, 4) is 6.01 Å². The van der Waals surface area contributed by atoms with Crippen LogP contribution < -0.4 is 10.3 Å². The lowest BCUT2D eigenvalue weighted by Crippen LogP contribution is -2.35. The Labute approximate surface area is 144 Å². The second kappa shape index (κ2) is 6.00. The summed E-state index contributed by atoms with van der Waals surface area (Å²) in [4.78, 5) is 27.4. The zero-order valence-corrected chi connectivity index (χ0v) is 13.9. The van der Waals surface area contributed by atoms with Gasteiger partial charge in [-0.25, -0.2) is 4.79 Å². The lowest BCUT2D eigenvalue weighted by atomic mass is 9.97. The van der Waals surface area contributed by atoms with Crippen LogP contribution in [0.5, 0.6) is 6.01 Å². The molecule has 1 aromatic heterocycles. The molecule has 2 aromatic rings. The summed E-state index contributed by atoms with van der Waals surface area (Å²) in [5.74, 6) is -0.409. The van der Waals surface area contributed by atoms with Gasteiger partial charge in [0.1, 0.15) is 12.2 Å². The maximum absolute atomic E-state index is 12.2. The molecule has 25 heavy (non-hydrogen) atoms. The second-order valence-electron chi connectivity index (χ2n) is 6.36. The molecule has 130 valence electrons. The molecule has 1 aromatic carbocycles. The van der Waals surface area contributed by atoms with Gasteiger partial charge < -0.3 is 14.2 Å². The van der Waals surface area contributed by atoms with E-state index in [1.54, 1.807) is 35.0 Å². The van der Waals surface area contributed by atoms with Gasteiger partial charge in [-0.15, -0.1) is 0 Å². The van der Waals surface area contributed by atoms with E-state index >= 15 is 0 Å². The van der Waals surface area contributed by atoms with E-state index in [0.717, 1.165) is 0 Å². The minimum atomic E-state index is -0.437. The number of carbonyl (C=O) groups is 1. The third kappa shape index (κ3) is 2.70. The lowest BCUT2D eigenvalue weighted by molar-refractivity contribution is -0.0696. The molecule has 5 atom stereocenters. The van der Waals surface area contributed by atoms with E-state index in [9.17, 15) is 9.59 Å². The molecule has 0 N–H and O–H groups in total. The van der Waals surface area contributed by atoms with Gasteiger partial charge in [-0.1, -0.05) is 25.1 Å². The summed E-state index contributed by atoms with van der Waals surface area (Å²) in [7, 11) is 0. The predicted octanol–water partition coefficient (Wildman–Crippen LogP) is 1.78. The molecule has 0 amide bonds. The van der Waals surface area contributed by atoms with Crippen LogP contribution in [0, 0.1) is 5.92 Å². The molecular weight excluding hydrogens is 324 g/mol. The van der Waals surface area contributed by atoms with Crippen molar-refractivity contribution >= 4 is 5.97 Å². The first-order chi connectivity index (χ1) is 12.0. The summed E-state index contributed by atoms with van der Waals surface area (Å²) < 4.78 is 19.1. The van der Waals surface area contributed by atoms with E-state index < -0.39 is 6.10 Å². The number of rotatable bonds is 3. The van der Waals surface area contributed by atoms with Crippen molar-refractivity contribution in [3.05, 3.63) is 58.5 Å². The Kier molecular flexibility index (Phi) is 3.80. The Morgan fingerprint density at radius 2 is 2.04 bits per heavy atom. The standard InChI is InChI=1S/C18H18N2O5/c1-10-14(11(2)23-17(22)12-6-4-3-5-7-12)24-16-15(10)25-18-19-13(21)8-9-20(16)18/h3-11,14-16H,1-2H3/t10-,11-,14?,15+,16-/m1/s1. The highest BCUT2D eigenvalue weighted by Gasteiger charge is 2.51. The molecule has 0 spiro atoms. The third-order valence-corrected chi connectivity index (χ3v) is 4.70. The number of ether oxygens (including phenoxy) is 3. The number of hydrogen-bond donors (Lipinski definition) is 0. The average Bonchev–Trinajstić information content (AvgIpc) is 3.12. The minimum absolute atomic E-state index is 0.0274. The predicted molar refractivity (Wildman–Crippen MR) is 87.3 cm³/mol. The molecule has 7 heteroatoms. The van der Waals surface area contributed by atoms with E-state index in [-0.39, 0.29) is 41.9 Å². The molecule has 2 aliphatic heterocycles. The number of benzene rings is 1. The van der Waals surface area contributed by atoms with Gasteiger partial charge in [0.25, 0.3) is 5.56 Å². The highest BCUT2D eigenvalue weighted by molar-refractivity contribution is 5.89. The van der Waals surface area contributed by atoms with E-state index in [1.165, 1.54) is 6.07 Å². The van der Waals surface area contributed by atoms with Crippen LogP contribution in [0.3, 0.4) is 0 Å². The van der Waals surface area contributed by atoms with Crippen molar-refractivity contribution in [2.45, 2.75) is 38.4 Å². The smallest absolute Gasteiger partial charge is 0.338 e. The fourth-order valence-electron chi connectivity index (χ4n) is 3.41. The first-order valence-electron chi connectivity index (χ1n) is 8.22. The number of aromatic nitrogens is 2. The Balaban J connectivity index is 1.49. The monoisotopic (exact) mass is 342 g/mol. The van der Waals surface area contributed by atoms with E-state index in [1.807, 2.05) is 19.9 Å². The molecule has 1 fully saturated rings. The van der Waals surface area contributed by atoms with Gasteiger partial charge in [0, 0.05) is 18.2 Å². The average molecular weight is 342 g/mol. The summed E-state index contributed by atoms with van der Waals surface area (Å²) in [6.07, 6.45) is 0.228. The molecular formula is C18H18N2O5. The van der Waals surface area contributed by atoms with Crippen molar-refractivity contribution in [3.63, 3.8) is 0 Å². The van der Waals surface area contributed by atoms with Crippen molar-refractivity contribution < 1.29 is 19.0 Å². The first kappa shape index (κ1) is 15.8. The number of hydrogen-bond acceptors (Lipinski definition) is 6. The van der Waals surface area contributed by atoms with Gasteiger partial charge in [0.05, 0.1) is 5.56 Å². The normalized spacial score (nSPS) is 27.9.